The van der Waals surface area contributed by atoms with E-state index in [0.29, 0.717) is 29.0 Å². The molecule has 0 saturated heterocycles. The van der Waals surface area contributed by atoms with Crippen molar-refractivity contribution in [3.8, 4) is 16.9 Å². The predicted octanol–water partition coefficient (Wildman–Crippen LogP) is 4.73. The maximum atomic E-state index is 13.1. The standard InChI is InChI=1S/C26H25FN2O4/c27-13-23(29)19-3-1-2-18(11-19)22-9-17(8-21-6-7-32-26(21)22)15-33-24-10-16(14-28)4-5-20(24)12-25(30)31/h1-11,23H,12-15,28-29H2,(H,30,31). The summed E-state index contributed by atoms with van der Waals surface area (Å²) >= 11 is 0. The Morgan fingerprint density at radius 1 is 1.09 bits per heavy atom. The van der Waals surface area contributed by atoms with Crippen LogP contribution in [0.4, 0.5) is 4.39 Å². The number of alkyl halides is 1. The van der Waals surface area contributed by atoms with Crippen molar-refractivity contribution < 1.29 is 23.4 Å². The second kappa shape index (κ2) is 9.85. The van der Waals surface area contributed by atoms with Crippen LogP contribution in [0.5, 0.6) is 5.75 Å². The minimum Gasteiger partial charge on any atom is -0.489 e. The Balaban J connectivity index is 1.68. The molecule has 7 heteroatoms. The first-order chi connectivity index (χ1) is 16.0. The number of carboxylic acids is 1. The number of halogens is 1. The molecule has 0 amide bonds. The van der Waals surface area contributed by atoms with Crippen LogP contribution in [-0.2, 0) is 24.4 Å². The molecule has 4 aromatic rings. The molecule has 0 spiro atoms. The van der Waals surface area contributed by atoms with Crippen molar-refractivity contribution in [3.05, 3.63) is 89.2 Å². The number of rotatable bonds is 9. The molecule has 1 unspecified atom stereocenters. The fourth-order valence-electron chi connectivity index (χ4n) is 3.80. The summed E-state index contributed by atoms with van der Waals surface area (Å²) in [5, 5.41) is 10.1. The number of hydrogen-bond donors (Lipinski definition) is 3. The molecule has 1 heterocycles. The van der Waals surface area contributed by atoms with E-state index in [0.717, 1.165) is 27.6 Å². The Morgan fingerprint density at radius 3 is 2.70 bits per heavy atom. The average molecular weight is 448 g/mol. The van der Waals surface area contributed by atoms with Gasteiger partial charge in [-0.15, -0.1) is 0 Å². The number of ether oxygens (including phenoxy) is 1. The van der Waals surface area contributed by atoms with Crippen molar-refractivity contribution >= 4 is 16.9 Å². The maximum absolute atomic E-state index is 13.1. The van der Waals surface area contributed by atoms with Gasteiger partial charge < -0.3 is 25.7 Å². The molecule has 33 heavy (non-hydrogen) atoms. The van der Waals surface area contributed by atoms with Gasteiger partial charge in [-0.05, 0) is 52.6 Å². The van der Waals surface area contributed by atoms with Gasteiger partial charge >= 0.3 is 5.97 Å². The first-order valence-corrected chi connectivity index (χ1v) is 10.6. The van der Waals surface area contributed by atoms with E-state index in [1.54, 1.807) is 30.5 Å². The van der Waals surface area contributed by atoms with Gasteiger partial charge in [0.1, 0.15) is 24.6 Å². The van der Waals surface area contributed by atoms with Crippen LogP contribution in [0.3, 0.4) is 0 Å². The van der Waals surface area contributed by atoms with Gasteiger partial charge in [0.05, 0.1) is 18.7 Å². The summed E-state index contributed by atoms with van der Waals surface area (Å²) in [6.07, 6.45) is 1.47. The number of carbonyl (C=O) groups is 1. The normalized spacial score (nSPS) is 12.1. The van der Waals surface area contributed by atoms with Gasteiger partial charge in [0.2, 0.25) is 0 Å². The van der Waals surface area contributed by atoms with E-state index in [-0.39, 0.29) is 13.0 Å². The van der Waals surface area contributed by atoms with Crippen molar-refractivity contribution in [3.63, 3.8) is 0 Å². The zero-order valence-corrected chi connectivity index (χ0v) is 18.0. The van der Waals surface area contributed by atoms with Gasteiger partial charge in [0.25, 0.3) is 0 Å². The molecular weight excluding hydrogens is 423 g/mol. The highest BCUT2D eigenvalue weighted by molar-refractivity contribution is 5.93. The van der Waals surface area contributed by atoms with E-state index in [9.17, 15) is 14.3 Å². The second-order valence-corrected chi connectivity index (χ2v) is 7.87. The van der Waals surface area contributed by atoms with Crippen LogP contribution in [0.15, 0.2) is 71.3 Å². The van der Waals surface area contributed by atoms with Gasteiger partial charge in [-0.2, -0.15) is 0 Å². The molecule has 0 aliphatic rings. The Labute approximate surface area is 190 Å². The quantitative estimate of drug-likeness (QED) is 0.341. The molecule has 6 nitrogen and oxygen atoms in total. The van der Waals surface area contributed by atoms with E-state index < -0.39 is 18.7 Å². The van der Waals surface area contributed by atoms with Crippen molar-refractivity contribution in [2.75, 3.05) is 6.67 Å². The second-order valence-electron chi connectivity index (χ2n) is 7.87. The lowest BCUT2D eigenvalue weighted by atomic mass is 9.97. The fourth-order valence-corrected chi connectivity index (χ4v) is 3.80. The summed E-state index contributed by atoms with van der Waals surface area (Å²) in [5.41, 5.74) is 17.0. The minimum absolute atomic E-state index is 0.145. The van der Waals surface area contributed by atoms with Crippen LogP contribution in [0.25, 0.3) is 22.1 Å². The Hall–Kier alpha value is -3.68. The summed E-state index contributed by atoms with van der Waals surface area (Å²) < 4.78 is 24.9. The molecule has 5 N–H and O–H groups in total. The highest BCUT2D eigenvalue weighted by Gasteiger charge is 2.14. The molecule has 0 bridgehead atoms. The molecular formula is C26H25FN2O4. The minimum atomic E-state index is -0.936. The summed E-state index contributed by atoms with van der Waals surface area (Å²) in [5.74, 6) is -0.445. The van der Waals surface area contributed by atoms with Crippen molar-refractivity contribution in [1.29, 1.82) is 0 Å². The third-order valence-corrected chi connectivity index (χ3v) is 5.51. The van der Waals surface area contributed by atoms with Gasteiger partial charge in [0.15, 0.2) is 0 Å². The number of hydrogen-bond acceptors (Lipinski definition) is 5. The first kappa shape index (κ1) is 22.5. The van der Waals surface area contributed by atoms with Crippen LogP contribution >= 0.6 is 0 Å². The molecule has 1 atom stereocenters. The van der Waals surface area contributed by atoms with E-state index in [4.69, 9.17) is 20.6 Å². The number of fused-ring (bicyclic) bond motifs is 1. The summed E-state index contributed by atoms with van der Waals surface area (Å²) in [7, 11) is 0. The van der Waals surface area contributed by atoms with Crippen LogP contribution < -0.4 is 16.2 Å². The number of furan rings is 1. The number of carboxylic acid groups (broad SMARTS) is 1. The van der Waals surface area contributed by atoms with Crippen molar-refractivity contribution in [1.82, 2.24) is 0 Å². The SMILES string of the molecule is NCc1ccc(CC(=O)O)c(OCc2cc(-c3cccc(C(N)CF)c3)c3occc3c2)c1. The molecule has 1 aromatic heterocycles. The van der Waals surface area contributed by atoms with Crippen LogP contribution in [-0.4, -0.2) is 17.8 Å². The Morgan fingerprint density at radius 2 is 1.94 bits per heavy atom. The van der Waals surface area contributed by atoms with E-state index >= 15 is 0 Å². The molecule has 3 aromatic carbocycles. The largest absolute Gasteiger partial charge is 0.489 e. The zero-order valence-electron chi connectivity index (χ0n) is 18.0. The Bertz CT molecular complexity index is 1280. The number of nitrogens with two attached hydrogens (primary N) is 2. The molecule has 4 rings (SSSR count). The molecule has 0 fully saturated rings. The first-order valence-electron chi connectivity index (χ1n) is 10.6. The van der Waals surface area contributed by atoms with E-state index in [1.165, 1.54) is 0 Å². The van der Waals surface area contributed by atoms with Crippen molar-refractivity contribution in [2.45, 2.75) is 25.6 Å². The average Bonchev–Trinajstić information content (AvgIpc) is 3.30. The summed E-state index contributed by atoms with van der Waals surface area (Å²) in [4.78, 5) is 11.2. The smallest absolute Gasteiger partial charge is 0.307 e. The molecule has 0 aliphatic carbocycles. The summed E-state index contributed by atoms with van der Waals surface area (Å²) in [6, 6.07) is 17.8. The molecule has 0 radical (unpaired) electrons. The third-order valence-electron chi connectivity index (χ3n) is 5.51. The summed E-state index contributed by atoms with van der Waals surface area (Å²) in [6.45, 7) is -0.0985. The highest BCUT2D eigenvalue weighted by Crippen LogP contribution is 2.33. The highest BCUT2D eigenvalue weighted by atomic mass is 19.1. The predicted molar refractivity (Wildman–Crippen MR) is 125 cm³/mol. The molecule has 0 saturated carbocycles. The maximum Gasteiger partial charge on any atom is 0.307 e. The lowest BCUT2D eigenvalue weighted by Crippen LogP contribution is -2.11. The monoisotopic (exact) mass is 448 g/mol. The van der Waals surface area contributed by atoms with E-state index in [1.807, 2.05) is 36.4 Å². The van der Waals surface area contributed by atoms with Crippen molar-refractivity contribution in [2.24, 2.45) is 11.5 Å². The molecule has 170 valence electrons. The van der Waals surface area contributed by atoms with Gasteiger partial charge in [-0.25, -0.2) is 4.39 Å². The van der Waals surface area contributed by atoms with Gasteiger partial charge in [-0.1, -0.05) is 30.3 Å². The number of aliphatic carboxylic acids is 1. The third kappa shape index (κ3) is 5.05. The van der Waals surface area contributed by atoms with Gasteiger partial charge in [0, 0.05) is 23.1 Å². The number of benzene rings is 3. The van der Waals surface area contributed by atoms with Crippen LogP contribution in [0, 0.1) is 0 Å². The Kier molecular flexibility index (Phi) is 6.72. The molecule has 0 aliphatic heterocycles. The topological polar surface area (TPSA) is 112 Å². The van der Waals surface area contributed by atoms with E-state index in [2.05, 4.69) is 0 Å². The van der Waals surface area contributed by atoms with Gasteiger partial charge in [-0.3, -0.25) is 4.79 Å². The zero-order chi connectivity index (χ0) is 23.4. The van der Waals surface area contributed by atoms with Crippen LogP contribution in [0.2, 0.25) is 0 Å². The van der Waals surface area contributed by atoms with Crippen LogP contribution in [0.1, 0.15) is 28.3 Å². The fraction of sp³-hybridized carbons (Fsp3) is 0.192. The lowest BCUT2D eigenvalue weighted by molar-refractivity contribution is -0.136. The lowest BCUT2D eigenvalue weighted by Gasteiger charge is -2.14.